The van der Waals surface area contributed by atoms with Gasteiger partial charge in [0.2, 0.25) is 5.91 Å². The molecule has 19 heavy (non-hydrogen) atoms. The van der Waals surface area contributed by atoms with Crippen LogP contribution in [0.5, 0.6) is 0 Å². The molecule has 2 heterocycles. The summed E-state index contributed by atoms with van der Waals surface area (Å²) < 4.78 is 0. The number of hydrogen-bond donors (Lipinski definition) is 2. The van der Waals surface area contributed by atoms with Gasteiger partial charge in [-0.2, -0.15) is 0 Å². The fourth-order valence-electron chi connectivity index (χ4n) is 3.49. The summed E-state index contributed by atoms with van der Waals surface area (Å²) in [6.07, 6.45) is 5.81. The average Bonchev–Trinajstić information content (AvgIpc) is 3.00. The van der Waals surface area contributed by atoms with Crippen LogP contribution in [0, 0.1) is 0 Å². The quantitative estimate of drug-likeness (QED) is 0.766. The predicted octanol–water partition coefficient (Wildman–Crippen LogP) is 1.51. The van der Waals surface area contributed by atoms with Gasteiger partial charge in [0.1, 0.15) is 0 Å². The Bertz CT molecular complexity index is 304. The molecule has 2 aliphatic rings. The SMILES string of the molecule is CCC(CC)NC(=O)C(C)NC1CCN2CCCC12. The molecule has 0 saturated carbocycles. The molecule has 4 nitrogen and oxygen atoms in total. The minimum atomic E-state index is -0.0776. The summed E-state index contributed by atoms with van der Waals surface area (Å²) in [5, 5.41) is 6.68. The minimum absolute atomic E-state index is 0.0776. The third-order valence-electron chi connectivity index (χ3n) is 4.80. The highest BCUT2D eigenvalue weighted by atomic mass is 16.2. The van der Waals surface area contributed by atoms with Gasteiger partial charge in [-0.05, 0) is 45.6 Å². The van der Waals surface area contributed by atoms with Crippen LogP contribution in [0.2, 0.25) is 0 Å². The molecule has 0 aliphatic carbocycles. The zero-order chi connectivity index (χ0) is 13.8. The van der Waals surface area contributed by atoms with Crippen molar-refractivity contribution in [3.8, 4) is 0 Å². The van der Waals surface area contributed by atoms with Crippen LogP contribution in [0.3, 0.4) is 0 Å². The van der Waals surface area contributed by atoms with Crippen molar-refractivity contribution >= 4 is 5.91 Å². The zero-order valence-electron chi connectivity index (χ0n) is 12.6. The molecule has 1 amide bonds. The molecular weight excluding hydrogens is 238 g/mol. The summed E-state index contributed by atoms with van der Waals surface area (Å²) in [5.74, 6) is 0.158. The van der Waals surface area contributed by atoms with E-state index in [0.717, 1.165) is 12.8 Å². The summed E-state index contributed by atoms with van der Waals surface area (Å²) in [5.41, 5.74) is 0. The lowest BCUT2D eigenvalue weighted by Gasteiger charge is -2.26. The first-order valence-corrected chi connectivity index (χ1v) is 7.96. The number of nitrogens with zero attached hydrogens (tertiary/aromatic N) is 1. The van der Waals surface area contributed by atoms with E-state index >= 15 is 0 Å². The Kier molecular flexibility index (Phi) is 5.22. The molecule has 4 heteroatoms. The molecule has 3 unspecified atom stereocenters. The average molecular weight is 267 g/mol. The summed E-state index contributed by atoms with van der Waals surface area (Å²) in [6, 6.07) is 1.42. The lowest BCUT2D eigenvalue weighted by Crippen LogP contribution is -2.51. The van der Waals surface area contributed by atoms with Crippen molar-refractivity contribution in [3.63, 3.8) is 0 Å². The third-order valence-corrected chi connectivity index (χ3v) is 4.80. The van der Waals surface area contributed by atoms with Crippen LogP contribution >= 0.6 is 0 Å². The maximum absolute atomic E-state index is 12.2. The van der Waals surface area contributed by atoms with Crippen molar-refractivity contribution < 1.29 is 4.79 Å². The predicted molar refractivity (Wildman–Crippen MR) is 78.1 cm³/mol. The second kappa shape index (κ2) is 6.71. The van der Waals surface area contributed by atoms with E-state index in [2.05, 4.69) is 29.4 Å². The smallest absolute Gasteiger partial charge is 0.237 e. The third kappa shape index (κ3) is 3.48. The second-order valence-corrected chi connectivity index (χ2v) is 6.05. The van der Waals surface area contributed by atoms with Crippen molar-refractivity contribution in [1.82, 2.24) is 15.5 Å². The van der Waals surface area contributed by atoms with Gasteiger partial charge in [-0.3, -0.25) is 9.69 Å². The van der Waals surface area contributed by atoms with E-state index in [4.69, 9.17) is 0 Å². The van der Waals surface area contributed by atoms with Gasteiger partial charge in [-0.25, -0.2) is 0 Å². The fraction of sp³-hybridized carbons (Fsp3) is 0.933. The number of rotatable bonds is 6. The first kappa shape index (κ1) is 14.8. The molecule has 2 N–H and O–H groups in total. The highest BCUT2D eigenvalue weighted by molar-refractivity contribution is 5.81. The fourth-order valence-corrected chi connectivity index (χ4v) is 3.49. The van der Waals surface area contributed by atoms with Gasteiger partial charge in [0.15, 0.2) is 0 Å². The maximum Gasteiger partial charge on any atom is 0.237 e. The topological polar surface area (TPSA) is 44.4 Å². The van der Waals surface area contributed by atoms with E-state index in [1.807, 2.05) is 6.92 Å². The Morgan fingerprint density at radius 1 is 1.26 bits per heavy atom. The van der Waals surface area contributed by atoms with Crippen LogP contribution in [0.15, 0.2) is 0 Å². The monoisotopic (exact) mass is 267 g/mol. The van der Waals surface area contributed by atoms with E-state index in [9.17, 15) is 4.79 Å². The van der Waals surface area contributed by atoms with E-state index < -0.39 is 0 Å². The largest absolute Gasteiger partial charge is 0.352 e. The molecule has 0 aromatic heterocycles. The number of nitrogens with one attached hydrogen (secondary N) is 2. The lowest BCUT2D eigenvalue weighted by molar-refractivity contribution is -0.123. The number of hydrogen-bond acceptors (Lipinski definition) is 3. The van der Waals surface area contributed by atoms with Crippen molar-refractivity contribution in [2.45, 2.75) is 77.0 Å². The Morgan fingerprint density at radius 3 is 2.68 bits per heavy atom. The van der Waals surface area contributed by atoms with E-state index in [1.54, 1.807) is 0 Å². The number of amides is 1. The molecule has 0 aromatic carbocycles. The van der Waals surface area contributed by atoms with E-state index in [0.29, 0.717) is 18.1 Å². The molecule has 0 spiro atoms. The Hall–Kier alpha value is -0.610. The first-order valence-electron chi connectivity index (χ1n) is 7.96. The summed E-state index contributed by atoms with van der Waals surface area (Å²) in [6.45, 7) is 8.69. The van der Waals surface area contributed by atoms with Crippen molar-refractivity contribution in [3.05, 3.63) is 0 Å². The highest BCUT2D eigenvalue weighted by Crippen LogP contribution is 2.28. The van der Waals surface area contributed by atoms with Crippen LogP contribution in [0.1, 0.15) is 52.9 Å². The Morgan fingerprint density at radius 2 is 2.00 bits per heavy atom. The molecule has 2 fully saturated rings. The first-order chi connectivity index (χ1) is 9.15. The Labute approximate surface area is 117 Å². The van der Waals surface area contributed by atoms with Crippen molar-refractivity contribution in [2.24, 2.45) is 0 Å². The van der Waals surface area contributed by atoms with Gasteiger partial charge in [0.05, 0.1) is 6.04 Å². The maximum atomic E-state index is 12.2. The summed E-state index contributed by atoms with van der Waals surface area (Å²) in [4.78, 5) is 14.7. The van der Waals surface area contributed by atoms with Gasteiger partial charge < -0.3 is 10.6 Å². The molecule has 110 valence electrons. The second-order valence-electron chi connectivity index (χ2n) is 6.05. The molecule has 2 rings (SSSR count). The number of carbonyl (C=O) groups excluding carboxylic acids is 1. The van der Waals surface area contributed by atoms with Gasteiger partial charge in [0.25, 0.3) is 0 Å². The summed E-state index contributed by atoms with van der Waals surface area (Å²) in [7, 11) is 0. The van der Waals surface area contributed by atoms with E-state index in [1.165, 1.54) is 32.4 Å². The van der Waals surface area contributed by atoms with Crippen LogP contribution in [-0.4, -0.2) is 48.1 Å². The molecular formula is C15H29N3O. The van der Waals surface area contributed by atoms with Crippen LogP contribution in [0.25, 0.3) is 0 Å². The van der Waals surface area contributed by atoms with Crippen molar-refractivity contribution in [1.29, 1.82) is 0 Å². The van der Waals surface area contributed by atoms with Crippen LogP contribution in [0.4, 0.5) is 0 Å². The molecule has 2 aliphatic heterocycles. The lowest BCUT2D eigenvalue weighted by atomic mass is 10.1. The van der Waals surface area contributed by atoms with Crippen LogP contribution in [-0.2, 0) is 4.79 Å². The van der Waals surface area contributed by atoms with Gasteiger partial charge in [0, 0.05) is 24.7 Å². The molecule has 3 atom stereocenters. The highest BCUT2D eigenvalue weighted by Gasteiger charge is 2.38. The van der Waals surface area contributed by atoms with Gasteiger partial charge in [-0.15, -0.1) is 0 Å². The van der Waals surface area contributed by atoms with E-state index in [-0.39, 0.29) is 11.9 Å². The zero-order valence-corrected chi connectivity index (χ0v) is 12.6. The van der Waals surface area contributed by atoms with Crippen molar-refractivity contribution in [2.75, 3.05) is 13.1 Å². The molecule has 0 aromatic rings. The molecule has 2 saturated heterocycles. The Balaban J connectivity index is 1.80. The molecule has 0 bridgehead atoms. The molecule has 0 radical (unpaired) electrons. The van der Waals surface area contributed by atoms with Gasteiger partial charge in [-0.1, -0.05) is 13.8 Å². The summed E-state index contributed by atoms with van der Waals surface area (Å²) >= 11 is 0. The minimum Gasteiger partial charge on any atom is -0.352 e. The standard InChI is InChI=1S/C15H29N3O/c1-4-12(5-2)17-15(19)11(3)16-13-8-10-18-9-6-7-14(13)18/h11-14,16H,4-10H2,1-3H3,(H,17,19). The normalized spacial score (nSPS) is 28.6. The van der Waals surface area contributed by atoms with Crippen LogP contribution < -0.4 is 10.6 Å². The van der Waals surface area contributed by atoms with Gasteiger partial charge >= 0.3 is 0 Å². The number of fused-ring (bicyclic) bond motifs is 1. The number of carbonyl (C=O) groups is 1.